The van der Waals surface area contributed by atoms with Gasteiger partial charge in [-0.25, -0.2) is 0 Å². The summed E-state index contributed by atoms with van der Waals surface area (Å²) in [5.74, 6) is 0.887. The van der Waals surface area contributed by atoms with Crippen LogP contribution in [0.3, 0.4) is 0 Å². The Balaban J connectivity index is 1.79. The van der Waals surface area contributed by atoms with Crippen molar-refractivity contribution in [1.29, 1.82) is 0 Å². The highest BCUT2D eigenvalue weighted by atomic mass is 16.5. The van der Waals surface area contributed by atoms with Gasteiger partial charge in [0.15, 0.2) is 6.61 Å². The minimum absolute atomic E-state index is 0.0316. The number of hydrogen-bond donors (Lipinski definition) is 1. The predicted octanol–water partition coefficient (Wildman–Crippen LogP) is 3.25. The maximum absolute atomic E-state index is 12.4. The summed E-state index contributed by atoms with van der Waals surface area (Å²) < 4.78 is 10.6. The molecule has 2 aromatic rings. The molecule has 2 amide bonds. The van der Waals surface area contributed by atoms with Gasteiger partial charge < -0.3 is 19.7 Å². The number of carbonyl (C=O) groups excluding carboxylic acids is 2. The van der Waals surface area contributed by atoms with E-state index in [-0.39, 0.29) is 18.4 Å². The number of methoxy groups -OCH3 is 1. The molecule has 0 spiro atoms. The lowest BCUT2D eigenvalue weighted by Gasteiger charge is -2.29. The lowest BCUT2D eigenvalue weighted by atomic mass is 10.1. The van der Waals surface area contributed by atoms with Gasteiger partial charge in [0.2, 0.25) is 0 Å². The molecule has 26 heavy (non-hydrogen) atoms. The van der Waals surface area contributed by atoms with E-state index in [4.69, 9.17) is 9.47 Å². The third-order valence-corrected chi connectivity index (χ3v) is 3.94. The normalized spacial score (nSPS) is 12.8. The molecule has 0 bridgehead atoms. The molecule has 134 valence electrons. The number of carbonyl (C=O) groups is 2. The van der Waals surface area contributed by atoms with Crippen LogP contribution in [0.2, 0.25) is 0 Å². The van der Waals surface area contributed by atoms with Crippen LogP contribution in [0.4, 0.5) is 11.4 Å². The van der Waals surface area contributed by atoms with Crippen molar-refractivity contribution in [2.75, 3.05) is 30.5 Å². The summed E-state index contributed by atoms with van der Waals surface area (Å²) in [6, 6.07) is 12.1. The minimum atomic E-state index is -0.238. The Labute approximate surface area is 152 Å². The van der Waals surface area contributed by atoms with E-state index in [1.165, 1.54) is 0 Å². The number of nitrogens with one attached hydrogen (secondary N) is 1. The molecule has 6 heteroatoms. The first-order chi connectivity index (χ1) is 12.5. The smallest absolute Gasteiger partial charge is 0.265 e. The second-order valence-electron chi connectivity index (χ2n) is 6.09. The van der Waals surface area contributed by atoms with Crippen LogP contribution in [0.1, 0.15) is 17.3 Å². The van der Waals surface area contributed by atoms with Crippen molar-refractivity contribution in [3.63, 3.8) is 0 Å². The number of nitrogens with zero attached hydrogens (tertiary/aromatic N) is 1. The molecule has 0 atom stereocenters. The first-order valence-electron chi connectivity index (χ1n) is 8.15. The van der Waals surface area contributed by atoms with Crippen LogP contribution in [0.15, 0.2) is 54.6 Å². The van der Waals surface area contributed by atoms with Crippen molar-refractivity contribution < 1.29 is 19.1 Å². The van der Waals surface area contributed by atoms with Gasteiger partial charge in [0.05, 0.1) is 12.8 Å². The third-order valence-electron chi connectivity index (χ3n) is 3.94. The van der Waals surface area contributed by atoms with Crippen molar-refractivity contribution in [3.8, 4) is 11.5 Å². The van der Waals surface area contributed by atoms with Crippen LogP contribution >= 0.6 is 0 Å². The number of amides is 2. The number of anilines is 2. The van der Waals surface area contributed by atoms with Crippen LogP contribution in [0, 0.1) is 0 Å². The fourth-order valence-electron chi connectivity index (χ4n) is 2.67. The predicted molar refractivity (Wildman–Crippen MR) is 100 cm³/mol. The maximum Gasteiger partial charge on any atom is 0.265 e. The fourth-order valence-corrected chi connectivity index (χ4v) is 2.67. The largest absolute Gasteiger partial charge is 0.497 e. The maximum atomic E-state index is 12.4. The molecule has 1 aliphatic rings. The highest BCUT2D eigenvalue weighted by Crippen LogP contribution is 2.35. The summed E-state index contributed by atoms with van der Waals surface area (Å²) in [7, 11) is 1.57. The lowest BCUT2D eigenvalue weighted by molar-refractivity contribution is -0.121. The van der Waals surface area contributed by atoms with Gasteiger partial charge in [-0.05, 0) is 43.3 Å². The minimum Gasteiger partial charge on any atom is -0.497 e. The van der Waals surface area contributed by atoms with Crippen LogP contribution in [0.25, 0.3) is 0 Å². The van der Waals surface area contributed by atoms with Gasteiger partial charge >= 0.3 is 0 Å². The molecule has 0 saturated carbocycles. The highest BCUT2D eigenvalue weighted by Gasteiger charge is 2.25. The Bertz CT molecular complexity index is 859. The molecule has 0 unspecified atom stereocenters. The van der Waals surface area contributed by atoms with Crippen LogP contribution in [0.5, 0.6) is 11.5 Å². The summed E-state index contributed by atoms with van der Waals surface area (Å²) in [4.78, 5) is 26.1. The Morgan fingerprint density at radius 3 is 2.65 bits per heavy atom. The first-order valence-corrected chi connectivity index (χ1v) is 8.15. The van der Waals surface area contributed by atoms with Crippen molar-refractivity contribution in [1.82, 2.24) is 0 Å². The molecule has 1 aliphatic heterocycles. The number of hydrogen-bond acceptors (Lipinski definition) is 4. The average Bonchev–Trinajstić information content (AvgIpc) is 2.64. The molecule has 0 saturated heterocycles. The molecule has 0 fully saturated rings. The van der Waals surface area contributed by atoms with Gasteiger partial charge in [0.1, 0.15) is 11.5 Å². The van der Waals surface area contributed by atoms with E-state index < -0.39 is 0 Å². The Kier molecular flexibility index (Phi) is 4.93. The molecule has 2 aromatic carbocycles. The lowest BCUT2D eigenvalue weighted by Crippen LogP contribution is -2.39. The standard InChI is InChI=1S/C20H20N2O4/c1-13(2)11-22-17-9-6-15(10-18(17)26-12-19(22)23)21-20(24)14-4-7-16(25-3)8-5-14/h4-10H,1,11-12H2,2-3H3,(H,21,24). The number of rotatable bonds is 5. The number of benzene rings is 2. The van der Waals surface area contributed by atoms with Gasteiger partial charge in [-0.3, -0.25) is 9.59 Å². The molecule has 0 aliphatic carbocycles. The zero-order chi connectivity index (χ0) is 18.7. The van der Waals surface area contributed by atoms with E-state index >= 15 is 0 Å². The van der Waals surface area contributed by atoms with E-state index in [0.29, 0.717) is 35.0 Å². The SMILES string of the molecule is C=C(C)CN1C(=O)COc2cc(NC(=O)c3ccc(OC)cc3)ccc21. The van der Waals surface area contributed by atoms with E-state index in [1.54, 1.807) is 54.5 Å². The quantitative estimate of drug-likeness (QED) is 0.839. The molecule has 1 heterocycles. The van der Waals surface area contributed by atoms with Gasteiger partial charge in [0.25, 0.3) is 11.8 Å². The van der Waals surface area contributed by atoms with E-state index in [9.17, 15) is 9.59 Å². The van der Waals surface area contributed by atoms with E-state index in [2.05, 4.69) is 11.9 Å². The van der Waals surface area contributed by atoms with Gasteiger partial charge in [-0.15, -0.1) is 0 Å². The summed E-state index contributed by atoms with van der Waals surface area (Å²) in [6.45, 7) is 6.13. The average molecular weight is 352 g/mol. The zero-order valence-electron chi connectivity index (χ0n) is 14.7. The monoisotopic (exact) mass is 352 g/mol. The van der Waals surface area contributed by atoms with Crippen LogP contribution < -0.4 is 19.7 Å². The number of fused-ring (bicyclic) bond motifs is 1. The molecule has 0 radical (unpaired) electrons. The Morgan fingerprint density at radius 1 is 1.27 bits per heavy atom. The summed E-state index contributed by atoms with van der Waals surface area (Å²) in [5, 5.41) is 2.83. The van der Waals surface area contributed by atoms with Crippen molar-refractivity contribution in [2.24, 2.45) is 0 Å². The highest BCUT2D eigenvalue weighted by molar-refractivity contribution is 6.05. The first kappa shape index (κ1) is 17.5. The molecular weight excluding hydrogens is 332 g/mol. The van der Waals surface area contributed by atoms with E-state index in [0.717, 1.165) is 5.57 Å². The van der Waals surface area contributed by atoms with E-state index in [1.807, 2.05) is 6.92 Å². The van der Waals surface area contributed by atoms with Crippen molar-refractivity contribution >= 4 is 23.2 Å². The zero-order valence-corrected chi connectivity index (χ0v) is 14.7. The summed E-state index contributed by atoms with van der Waals surface area (Å²) >= 11 is 0. The van der Waals surface area contributed by atoms with Crippen LogP contribution in [-0.4, -0.2) is 32.1 Å². The second kappa shape index (κ2) is 7.31. The Morgan fingerprint density at radius 2 is 2.00 bits per heavy atom. The topological polar surface area (TPSA) is 67.9 Å². The van der Waals surface area contributed by atoms with Crippen molar-refractivity contribution in [3.05, 3.63) is 60.2 Å². The fraction of sp³-hybridized carbons (Fsp3) is 0.200. The van der Waals surface area contributed by atoms with Gasteiger partial charge in [-0.1, -0.05) is 12.2 Å². The Hall–Kier alpha value is -3.28. The second-order valence-corrected chi connectivity index (χ2v) is 6.09. The molecule has 0 aromatic heterocycles. The summed E-state index contributed by atoms with van der Waals surface area (Å²) in [6.07, 6.45) is 0. The van der Waals surface area contributed by atoms with Gasteiger partial charge in [0, 0.05) is 23.9 Å². The molecule has 3 rings (SSSR count). The van der Waals surface area contributed by atoms with Crippen molar-refractivity contribution in [2.45, 2.75) is 6.92 Å². The third kappa shape index (κ3) is 3.69. The van der Waals surface area contributed by atoms with Gasteiger partial charge in [-0.2, -0.15) is 0 Å². The summed E-state index contributed by atoms with van der Waals surface area (Å²) in [5.41, 5.74) is 2.66. The molecule has 6 nitrogen and oxygen atoms in total. The number of ether oxygens (including phenoxy) is 2. The molecule has 1 N–H and O–H groups in total. The van der Waals surface area contributed by atoms with Crippen LogP contribution in [-0.2, 0) is 4.79 Å². The molecular formula is C20H20N2O4.